The van der Waals surface area contributed by atoms with Crippen molar-refractivity contribution in [2.45, 2.75) is 38.0 Å². The van der Waals surface area contributed by atoms with Gasteiger partial charge in [-0.3, -0.25) is 14.4 Å². The molecule has 1 fully saturated rings. The smallest absolute Gasteiger partial charge is 0.404 e. The fraction of sp³-hybridized carbons (Fsp3) is 0.500. The quantitative estimate of drug-likeness (QED) is 0.139. The summed E-state index contributed by atoms with van der Waals surface area (Å²) >= 11 is 0. The second kappa shape index (κ2) is 10.2. The molecule has 0 aromatic rings. The molecule has 2 heterocycles. The van der Waals surface area contributed by atoms with Crippen LogP contribution in [0.25, 0.3) is 0 Å². The predicted octanol–water partition coefficient (Wildman–Crippen LogP) is 0.341. The number of carbonyl (C=O) groups excluding carboxylic acids is 2. The third kappa shape index (κ3) is 4.94. The van der Waals surface area contributed by atoms with Crippen molar-refractivity contribution in [1.29, 1.82) is 0 Å². The van der Waals surface area contributed by atoms with Gasteiger partial charge in [-0.1, -0.05) is 12.2 Å². The van der Waals surface area contributed by atoms with Gasteiger partial charge in [-0.15, -0.1) is 13.2 Å². The molecule has 2 aliphatic heterocycles. The SMILES string of the molecule is C=CCON(C=O)CC(C1=C(C(=O)O)N2C(=O)[C@H]([C@@H](C)O)[C@H]2C1)C(CC=C)NC(=O)O. The molecule has 3 amide bonds. The lowest BCUT2D eigenvalue weighted by molar-refractivity contribution is -0.170. The topological polar surface area (TPSA) is 157 Å². The Kier molecular flexibility index (Phi) is 7.95. The van der Waals surface area contributed by atoms with Gasteiger partial charge in [0.25, 0.3) is 0 Å². The average molecular weight is 437 g/mol. The first-order chi connectivity index (χ1) is 14.7. The van der Waals surface area contributed by atoms with Crippen LogP contribution in [0, 0.1) is 11.8 Å². The third-order valence-corrected chi connectivity index (χ3v) is 5.48. The lowest BCUT2D eigenvalue weighted by Gasteiger charge is -2.44. The Hall–Kier alpha value is -3.18. The van der Waals surface area contributed by atoms with Crippen LogP contribution in [-0.2, 0) is 19.2 Å². The van der Waals surface area contributed by atoms with Crippen LogP contribution in [0.2, 0.25) is 0 Å². The summed E-state index contributed by atoms with van der Waals surface area (Å²) in [5, 5.41) is 32.3. The maximum absolute atomic E-state index is 12.5. The number of hydrogen-bond donors (Lipinski definition) is 4. The molecule has 11 heteroatoms. The highest BCUT2D eigenvalue weighted by Crippen LogP contribution is 2.46. The van der Waals surface area contributed by atoms with E-state index in [1.807, 2.05) is 0 Å². The van der Waals surface area contributed by atoms with Crippen molar-refractivity contribution in [3.8, 4) is 0 Å². The lowest BCUT2D eigenvalue weighted by atomic mass is 9.80. The second-order valence-electron chi connectivity index (χ2n) is 7.40. The molecule has 0 aromatic carbocycles. The van der Waals surface area contributed by atoms with Crippen molar-refractivity contribution in [3.05, 3.63) is 36.6 Å². The predicted molar refractivity (Wildman–Crippen MR) is 107 cm³/mol. The van der Waals surface area contributed by atoms with Crippen molar-refractivity contribution >= 4 is 24.4 Å². The summed E-state index contributed by atoms with van der Waals surface area (Å²) in [6.45, 7) is 8.41. The second-order valence-corrected chi connectivity index (χ2v) is 7.40. The van der Waals surface area contributed by atoms with E-state index in [0.717, 1.165) is 9.96 Å². The van der Waals surface area contributed by atoms with Crippen LogP contribution in [0.5, 0.6) is 0 Å². The molecule has 0 aromatic heterocycles. The van der Waals surface area contributed by atoms with Crippen LogP contribution >= 0.6 is 0 Å². The number of aliphatic hydroxyl groups is 1. The standard InChI is InChI=1S/C20H27N3O8/c1-4-6-14(21-20(29)30)13(9-22(10-24)31-7-5-2)12-8-15-16(11(3)25)18(26)23(15)17(12)19(27)28/h4-5,10-11,13-16,21,25H,1-2,6-9H2,3H3,(H,27,28)(H,29,30)/t11-,13?,14?,15-,16-/m1/s1. The van der Waals surface area contributed by atoms with Gasteiger partial charge in [0, 0.05) is 12.0 Å². The summed E-state index contributed by atoms with van der Waals surface area (Å²) in [6.07, 6.45) is 1.24. The van der Waals surface area contributed by atoms with Crippen molar-refractivity contribution in [3.63, 3.8) is 0 Å². The van der Waals surface area contributed by atoms with Gasteiger partial charge in [-0.2, -0.15) is 0 Å². The summed E-state index contributed by atoms with van der Waals surface area (Å²) in [5.41, 5.74) is 0.0383. The number of carboxylic acid groups (broad SMARTS) is 2. The Balaban J connectivity index is 2.50. The molecule has 11 nitrogen and oxygen atoms in total. The molecule has 0 aliphatic carbocycles. The van der Waals surface area contributed by atoms with Crippen molar-refractivity contribution in [2.75, 3.05) is 13.2 Å². The fourth-order valence-electron chi connectivity index (χ4n) is 4.24. The molecule has 31 heavy (non-hydrogen) atoms. The van der Waals surface area contributed by atoms with Gasteiger partial charge < -0.3 is 25.5 Å². The Morgan fingerprint density at radius 1 is 1.35 bits per heavy atom. The monoisotopic (exact) mass is 437 g/mol. The van der Waals surface area contributed by atoms with E-state index in [-0.39, 0.29) is 31.7 Å². The number of rotatable bonds is 13. The highest BCUT2D eigenvalue weighted by atomic mass is 16.7. The van der Waals surface area contributed by atoms with E-state index in [9.17, 15) is 34.5 Å². The van der Waals surface area contributed by atoms with E-state index in [1.165, 1.54) is 19.1 Å². The number of β-lactam (4-membered cyclic amide) rings is 1. The number of nitrogens with zero attached hydrogens (tertiary/aromatic N) is 2. The largest absolute Gasteiger partial charge is 0.477 e. The van der Waals surface area contributed by atoms with Gasteiger partial charge >= 0.3 is 12.1 Å². The van der Waals surface area contributed by atoms with Crippen LogP contribution in [-0.4, -0.2) is 81.0 Å². The van der Waals surface area contributed by atoms with E-state index in [2.05, 4.69) is 18.5 Å². The number of carboxylic acids is 1. The van der Waals surface area contributed by atoms with Crippen molar-refractivity contribution in [1.82, 2.24) is 15.3 Å². The summed E-state index contributed by atoms with van der Waals surface area (Å²) < 4.78 is 0. The summed E-state index contributed by atoms with van der Waals surface area (Å²) in [5.74, 6) is -3.44. The zero-order valence-corrected chi connectivity index (χ0v) is 17.1. The van der Waals surface area contributed by atoms with Gasteiger partial charge in [0.05, 0.1) is 31.2 Å². The number of carbonyl (C=O) groups is 4. The number of hydrogen-bond acceptors (Lipinski definition) is 6. The van der Waals surface area contributed by atoms with E-state index in [4.69, 9.17) is 4.84 Å². The Bertz CT molecular complexity index is 793. The number of aliphatic carboxylic acids is 1. The molecule has 4 N–H and O–H groups in total. The molecule has 1 saturated heterocycles. The van der Waals surface area contributed by atoms with Crippen LogP contribution in [0.4, 0.5) is 4.79 Å². The highest BCUT2D eigenvalue weighted by molar-refractivity contribution is 5.99. The van der Waals surface area contributed by atoms with Gasteiger partial charge in [0.2, 0.25) is 12.3 Å². The van der Waals surface area contributed by atoms with Crippen LogP contribution in [0.3, 0.4) is 0 Å². The maximum Gasteiger partial charge on any atom is 0.404 e. The molecule has 0 radical (unpaired) electrons. The maximum atomic E-state index is 12.5. The number of amides is 3. The van der Waals surface area contributed by atoms with Crippen LogP contribution < -0.4 is 5.32 Å². The molecule has 0 bridgehead atoms. The van der Waals surface area contributed by atoms with Gasteiger partial charge in [0.15, 0.2) is 0 Å². The molecule has 5 atom stereocenters. The summed E-state index contributed by atoms with van der Waals surface area (Å²) in [4.78, 5) is 53.8. The molecule has 170 valence electrons. The first-order valence-corrected chi connectivity index (χ1v) is 9.71. The van der Waals surface area contributed by atoms with E-state index < -0.39 is 48.0 Å². The minimum absolute atomic E-state index is 0.00607. The number of aliphatic hydroxyl groups excluding tert-OH is 1. The Labute approximate surface area is 179 Å². The van der Waals surface area contributed by atoms with Gasteiger partial charge in [-0.25, -0.2) is 14.7 Å². The average Bonchev–Trinajstić information content (AvgIpc) is 3.02. The molecular formula is C20H27N3O8. The summed E-state index contributed by atoms with van der Waals surface area (Å²) in [6, 6.07) is -1.39. The first-order valence-electron chi connectivity index (χ1n) is 9.71. The van der Waals surface area contributed by atoms with E-state index in [1.54, 1.807) is 0 Å². The molecule has 0 saturated carbocycles. The normalized spacial score (nSPS) is 22.6. The molecule has 0 spiro atoms. The molecule has 2 aliphatic rings. The Morgan fingerprint density at radius 3 is 2.52 bits per heavy atom. The highest BCUT2D eigenvalue weighted by Gasteiger charge is 2.57. The van der Waals surface area contributed by atoms with Crippen molar-refractivity contribution in [2.24, 2.45) is 11.8 Å². The van der Waals surface area contributed by atoms with Crippen molar-refractivity contribution < 1.29 is 39.3 Å². The number of fused-ring (bicyclic) bond motifs is 1. The lowest BCUT2D eigenvalue weighted by Crippen LogP contribution is -2.61. The molecule has 2 unspecified atom stereocenters. The van der Waals surface area contributed by atoms with E-state index >= 15 is 0 Å². The van der Waals surface area contributed by atoms with Crippen LogP contribution in [0.1, 0.15) is 19.8 Å². The molecular weight excluding hydrogens is 410 g/mol. The minimum atomic E-state index is -1.35. The van der Waals surface area contributed by atoms with Gasteiger partial charge in [-0.05, 0) is 25.3 Å². The zero-order valence-electron chi connectivity index (χ0n) is 17.1. The first kappa shape index (κ1) is 24.1. The number of nitrogens with one attached hydrogen (secondary N) is 1. The summed E-state index contributed by atoms with van der Waals surface area (Å²) in [7, 11) is 0. The fourth-order valence-corrected chi connectivity index (χ4v) is 4.24. The van der Waals surface area contributed by atoms with Crippen LogP contribution in [0.15, 0.2) is 36.6 Å². The minimum Gasteiger partial charge on any atom is -0.477 e. The zero-order chi connectivity index (χ0) is 23.3. The number of hydroxylamine groups is 2. The molecule has 2 rings (SSSR count). The Morgan fingerprint density at radius 2 is 2.03 bits per heavy atom. The van der Waals surface area contributed by atoms with E-state index in [0.29, 0.717) is 12.0 Å². The van der Waals surface area contributed by atoms with Gasteiger partial charge in [0.1, 0.15) is 5.70 Å². The third-order valence-electron chi connectivity index (χ3n) is 5.48.